The monoisotopic (exact) mass is 300 g/mol. The average molecular weight is 300 g/mol. The molecule has 7 nitrogen and oxygen atoms in total. The maximum absolute atomic E-state index is 12.0. The summed E-state index contributed by atoms with van der Waals surface area (Å²) < 4.78 is 0. The van der Waals surface area contributed by atoms with Gasteiger partial charge in [0.15, 0.2) is 0 Å². The van der Waals surface area contributed by atoms with Crippen LogP contribution in [0, 0.1) is 0 Å². The molecule has 1 atom stereocenters. The van der Waals surface area contributed by atoms with Crippen molar-refractivity contribution >= 4 is 11.9 Å². The molecule has 122 valence electrons. The van der Waals surface area contributed by atoms with Gasteiger partial charge in [-0.25, -0.2) is 4.79 Å². The molecule has 1 saturated heterocycles. The number of nitrogens with zero attached hydrogens (tertiary/aromatic N) is 2. The number of carbonyl (C=O) groups excluding carboxylic acids is 2. The van der Waals surface area contributed by atoms with Gasteiger partial charge in [-0.1, -0.05) is 0 Å². The van der Waals surface area contributed by atoms with Gasteiger partial charge in [0.05, 0.1) is 11.6 Å². The van der Waals surface area contributed by atoms with Crippen LogP contribution in [0.4, 0.5) is 4.79 Å². The van der Waals surface area contributed by atoms with Crippen molar-refractivity contribution in [2.24, 2.45) is 0 Å². The molecule has 3 N–H and O–H groups in total. The lowest BCUT2D eigenvalue weighted by atomic mass is 10.1. The highest BCUT2D eigenvalue weighted by Crippen LogP contribution is 2.10. The molecule has 0 aliphatic carbocycles. The molecule has 0 aromatic rings. The van der Waals surface area contributed by atoms with Crippen LogP contribution in [-0.2, 0) is 4.79 Å². The summed E-state index contributed by atoms with van der Waals surface area (Å²) in [6.45, 7) is 11.4. The fourth-order valence-electron chi connectivity index (χ4n) is 2.44. The van der Waals surface area contributed by atoms with Gasteiger partial charge in [-0.15, -0.1) is 0 Å². The van der Waals surface area contributed by atoms with Crippen molar-refractivity contribution in [1.82, 2.24) is 20.4 Å². The molecule has 1 aliphatic heterocycles. The molecular weight excluding hydrogens is 272 g/mol. The Morgan fingerprint density at radius 3 is 2.29 bits per heavy atom. The Balaban J connectivity index is 2.39. The van der Waals surface area contributed by atoms with Crippen LogP contribution in [0.15, 0.2) is 0 Å². The average Bonchev–Trinajstić information content (AvgIpc) is 2.37. The largest absolute Gasteiger partial charge is 0.389 e. The van der Waals surface area contributed by atoms with Gasteiger partial charge in [-0.05, 0) is 27.7 Å². The van der Waals surface area contributed by atoms with Crippen molar-refractivity contribution in [3.05, 3.63) is 0 Å². The molecule has 3 amide bonds. The maximum atomic E-state index is 12.0. The number of imide groups is 1. The summed E-state index contributed by atoms with van der Waals surface area (Å²) in [6, 6.07) is -0.785. The zero-order valence-corrected chi connectivity index (χ0v) is 13.5. The van der Waals surface area contributed by atoms with E-state index in [1.165, 1.54) is 0 Å². The highest BCUT2D eigenvalue weighted by Gasteiger charge is 2.28. The van der Waals surface area contributed by atoms with E-state index in [-0.39, 0.29) is 11.9 Å². The second-order valence-electron chi connectivity index (χ2n) is 6.15. The van der Waals surface area contributed by atoms with E-state index in [9.17, 15) is 14.7 Å². The van der Waals surface area contributed by atoms with E-state index < -0.39 is 11.6 Å². The standard InChI is InChI=1S/C14H28N4O3/c1-5-15-13(20)16-12(19)11(2)18-8-6-17(7-9-18)10-14(3,4)21/h11,21H,5-10H2,1-4H3,(H2,15,16,19,20). The van der Waals surface area contributed by atoms with Crippen molar-refractivity contribution in [1.29, 1.82) is 0 Å². The molecular formula is C14H28N4O3. The molecule has 1 fully saturated rings. The first-order valence-electron chi connectivity index (χ1n) is 7.50. The molecule has 1 aliphatic rings. The van der Waals surface area contributed by atoms with Gasteiger partial charge in [0.25, 0.3) is 0 Å². The number of rotatable bonds is 5. The SMILES string of the molecule is CCNC(=O)NC(=O)C(C)N1CCN(CC(C)(C)O)CC1. The predicted octanol–water partition coefficient (Wildman–Crippen LogP) is -0.391. The van der Waals surface area contributed by atoms with E-state index in [4.69, 9.17) is 0 Å². The summed E-state index contributed by atoms with van der Waals surface area (Å²) in [4.78, 5) is 27.6. The van der Waals surface area contributed by atoms with Gasteiger partial charge in [0.2, 0.25) is 5.91 Å². The summed E-state index contributed by atoms with van der Waals surface area (Å²) in [5.41, 5.74) is -0.705. The number of hydrogen-bond donors (Lipinski definition) is 3. The summed E-state index contributed by atoms with van der Waals surface area (Å²) in [7, 11) is 0. The smallest absolute Gasteiger partial charge is 0.321 e. The summed E-state index contributed by atoms with van der Waals surface area (Å²) >= 11 is 0. The van der Waals surface area contributed by atoms with Gasteiger partial charge in [0, 0.05) is 39.3 Å². The molecule has 21 heavy (non-hydrogen) atoms. The number of amides is 3. The Morgan fingerprint density at radius 1 is 1.24 bits per heavy atom. The zero-order valence-electron chi connectivity index (χ0n) is 13.5. The van der Waals surface area contributed by atoms with Crippen molar-refractivity contribution in [2.75, 3.05) is 39.3 Å². The van der Waals surface area contributed by atoms with Gasteiger partial charge >= 0.3 is 6.03 Å². The number of carbonyl (C=O) groups is 2. The van der Waals surface area contributed by atoms with Crippen LogP contribution in [0.5, 0.6) is 0 Å². The Kier molecular flexibility index (Phi) is 6.57. The normalized spacial score (nSPS) is 19.1. The zero-order chi connectivity index (χ0) is 16.0. The Bertz CT molecular complexity index is 360. The molecule has 0 radical (unpaired) electrons. The van der Waals surface area contributed by atoms with Gasteiger partial charge < -0.3 is 10.4 Å². The van der Waals surface area contributed by atoms with Crippen molar-refractivity contribution in [3.8, 4) is 0 Å². The lowest BCUT2D eigenvalue weighted by Crippen LogP contribution is -2.56. The van der Waals surface area contributed by atoms with E-state index in [0.29, 0.717) is 13.1 Å². The molecule has 0 aromatic carbocycles. The van der Waals surface area contributed by atoms with E-state index >= 15 is 0 Å². The van der Waals surface area contributed by atoms with E-state index in [1.54, 1.807) is 27.7 Å². The molecule has 7 heteroatoms. The minimum absolute atomic E-state index is 0.281. The highest BCUT2D eigenvalue weighted by molar-refractivity contribution is 5.96. The maximum Gasteiger partial charge on any atom is 0.321 e. The number of hydrogen-bond acceptors (Lipinski definition) is 5. The second-order valence-corrected chi connectivity index (χ2v) is 6.15. The van der Waals surface area contributed by atoms with Crippen LogP contribution in [0.1, 0.15) is 27.7 Å². The number of urea groups is 1. The summed E-state index contributed by atoms with van der Waals surface area (Å²) in [6.07, 6.45) is 0. The van der Waals surface area contributed by atoms with Crippen LogP contribution >= 0.6 is 0 Å². The van der Waals surface area contributed by atoms with Crippen LogP contribution in [0.25, 0.3) is 0 Å². The Labute approximate surface area is 126 Å². The third-order valence-corrected chi connectivity index (χ3v) is 3.52. The lowest BCUT2D eigenvalue weighted by molar-refractivity contribution is -0.125. The summed E-state index contributed by atoms with van der Waals surface area (Å²) in [5, 5.41) is 14.7. The highest BCUT2D eigenvalue weighted by atomic mass is 16.3. The van der Waals surface area contributed by atoms with E-state index in [2.05, 4.69) is 20.4 Å². The number of nitrogens with one attached hydrogen (secondary N) is 2. The Hall–Kier alpha value is -1.18. The van der Waals surface area contributed by atoms with Crippen molar-refractivity contribution < 1.29 is 14.7 Å². The third-order valence-electron chi connectivity index (χ3n) is 3.52. The number of β-amino-alcohol motifs (C(OH)–C–C–N with tert-alkyl or cyclic N) is 1. The van der Waals surface area contributed by atoms with E-state index in [0.717, 1.165) is 26.2 Å². The van der Waals surface area contributed by atoms with Gasteiger partial charge in [-0.3, -0.25) is 19.9 Å². The van der Waals surface area contributed by atoms with E-state index in [1.807, 2.05) is 0 Å². The van der Waals surface area contributed by atoms with Crippen LogP contribution in [0.2, 0.25) is 0 Å². The topological polar surface area (TPSA) is 84.9 Å². The minimum atomic E-state index is -0.705. The van der Waals surface area contributed by atoms with Gasteiger partial charge in [-0.2, -0.15) is 0 Å². The molecule has 1 rings (SSSR count). The minimum Gasteiger partial charge on any atom is -0.389 e. The number of piperazine rings is 1. The van der Waals surface area contributed by atoms with Crippen molar-refractivity contribution in [2.45, 2.75) is 39.3 Å². The first kappa shape index (κ1) is 17.9. The second kappa shape index (κ2) is 7.72. The third kappa shape index (κ3) is 6.41. The molecule has 0 aromatic heterocycles. The predicted molar refractivity (Wildman–Crippen MR) is 81.0 cm³/mol. The molecule has 0 spiro atoms. The fourth-order valence-corrected chi connectivity index (χ4v) is 2.44. The molecule has 1 heterocycles. The lowest BCUT2D eigenvalue weighted by Gasteiger charge is -2.39. The van der Waals surface area contributed by atoms with Gasteiger partial charge in [0.1, 0.15) is 0 Å². The number of aliphatic hydroxyl groups is 1. The first-order valence-corrected chi connectivity index (χ1v) is 7.50. The van der Waals surface area contributed by atoms with Crippen LogP contribution in [-0.4, -0.2) is 77.8 Å². The molecule has 0 saturated carbocycles. The van der Waals surface area contributed by atoms with Crippen LogP contribution < -0.4 is 10.6 Å². The quantitative estimate of drug-likeness (QED) is 0.644. The Morgan fingerprint density at radius 2 is 1.81 bits per heavy atom. The fraction of sp³-hybridized carbons (Fsp3) is 0.857. The van der Waals surface area contributed by atoms with Crippen molar-refractivity contribution in [3.63, 3.8) is 0 Å². The van der Waals surface area contributed by atoms with Crippen LogP contribution in [0.3, 0.4) is 0 Å². The summed E-state index contributed by atoms with van der Waals surface area (Å²) in [5.74, 6) is -0.281. The molecule has 1 unspecified atom stereocenters. The molecule has 0 bridgehead atoms. The first-order chi connectivity index (χ1) is 9.73.